The van der Waals surface area contributed by atoms with E-state index < -0.39 is 11.5 Å². The number of nitrogens with one attached hydrogen (secondary N) is 1. The van der Waals surface area contributed by atoms with Gasteiger partial charge < -0.3 is 15.2 Å². The smallest absolute Gasteiger partial charge is 0.226 e. The summed E-state index contributed by atoms with van der Waals surface area (Å²) >= 11 is 0. The quantitative estimate of drug-likeness (QED) is 0.800. The molecule has 4 nitrogen and oxygen atoms in total. The number of carbonyl (C=O) groups excluding carboxylic acids is 1. The highest BCUT2D eigenvalue weighted by atomic mass is 16.5. The van der Waals surface area contributed by atoms with Crippen LogP contribution in [0, 0.1) is 19.3 Å². The van der Waals surface area contributed by atoms with Crippen molar-refractivity contribution in [3.8, 4) is 11.1 Å². The van der Waals surface area contributed by atoms with Crippen molar-refractivity contribution in [2.45, 2.75) is 46.1 Å². The maximum atomic E-state index is 12.9. The van der Waals surface area contributed by atoms with E-state index >= 15 is 0 Å². The Kier molecular flexibility index (Phi) is 6.53. The first-order valence-corrected chi connectivity index (χ1v) is 10.1. The van der Waals surface area contributed by atoms with Crippen LogP contribution in [0.3, 0.4) is 0 Å². The fourth-order valence-corrected chi connectivity index (χ4v) is 4.02. The van der Waals surface area contributed by atoms with Gasteiger partial charge in [0.05, 0.1) is 11.5 Å². The Morgan fingerprint density at radius 3 is 2.25 bits per heavy atom. The second kappa shape index (κ2) is 8.89. The van der Waals surface area contributed by atoms with Crippen LogP contribution in [0.15, 0.2) is 42.5 Å². The minimum atomic E-state index is -0.544. The van der Waals surface area contributed by atoms with Crippen molar-refractivity contribution in [1.82, 2.24) is 5.32 Å². The Balaban J connectivity index is 1.78. The highest BCUT2D eigenvalue weighted by Crippen LogP contribution is 2.35. The van der Waals surface area contributed by atoms with Crippen LogP contribution in [0.5, 0.6) is 0 Å². The molecule has 2 N–H and O–H groups in total. The summed E-state index contributed by atoms with van der Waals surface area (Å²) < 4.78 is 5.51. The molecule has 0 spiro atoms. The van der Waals surface area contributed by atoms with Crippen molar-refractivity contribution >= 4 is 5.91 Å². The van der Waals surface area contributed by atoms with E-state index in [1.165, 1.54) is 22.3 Å². The molecule has 3 rings (SSSR count). The van der Waals surface area contributed by atoms with Crippen LogP contribution >= 0.6 is 0 Å². The number of rotatable bonds is 6. The van der Waals surface area contributed by atoms with Gasteiger partial charge in [-0.1, -0.05) is 53.6 Å². The molecule has 1 heterocycles. The van der Waals surface area contributed by atoms with Gasteiger partial charge in [0.2, 0.25) is 5.91 Å². The second-order valence-electron chi connectivity index (χ2n) is 8.20. The number of hydrogen-bond acceptors (Lipinski definition) is 3. The van der Waals surface area contributed by atoms with Crippen molar-refractivity contribution in [3.05, 3.63) is 59.2 Å². The summed E-state index contributed by atoms with van der Waals surface area (Å²) in [7, 11) is 0. The summed E-state index contributed by atoms with van der Waals surface area (Å²) in [6.45, 7) is 7.40. The number of aliphatic hydroxyl groups excluding tert-OH is 1. The molecule has 0 unspecified atom stereocenters. The molecule has 1 aliphatic rings. The van der Waals surface area contributed by atoms with Gasteiger partial charge in [0, 0.05) is 19.8 Å². The van der Waals surface area contributed by atoms with Crippen molar-refractivity contribution in [1.29, 1.82) is 0 Å². The number of amides is 1. The number of benzene rings is 2. The zero-order valence-corrected chi connectivity index (χ0v) is 17.1. The average molecular weight is 382 g/mol. The molecule has 1 atom stereocenters. The Hall–Kier alpha value is -2.17. The zero-order chi connectivity index (χ0) is 20.1. The van der Waals surface area contributed by atoms with E-state index in [4.69, 9.17) is 4.74 Å². The molecular weight excluding hydrogens is 350 g/mol. The summed E-state index contributed by atoms with van der Waals surface area (Å²) in [5, 5.41) is 12.4. The molecule has 2 aromatic rings. The summed E-state index contributed by atoms with van der Waals surface area (Å²) in [6.07, 6.45) is 1.56. The normalized spacial score (nSPS) is 17.1. The third-order valence-corrected chi connectivity index (χ3v) is 5.54. The van der Waals surface area contributed by atoms with E-state index in [1.54, 1.807) is 6.92 Å². The molecular formula is C24H31NO3. The fourth-order valence-electron chi connectivity index (χ4n) is 4.02. The molecule has 0 bridgehead atoms. The maximum Gasteiger partial charge on any atom is 0.226 e. The van der Waals surface area contributed by atoms with Gasteiger partial charge in [-0.3, -0.25) is 4.79 Å². The molecule has 1 saturated heterocycles. The van der Waals surface area contributed by atoms with E-state index in [9.17, 15) is 9.90 Å². The molecule has 28 heavy (non-hydrogen) atoms. The van der Waals surface area contributed by atoms with Crippen molar-refractivity contribution in [2.75, 3.05) is 19.8 Å². The van der Waals surface area contributed by atoms with E-state index in [0.29, 0.717) is 32.5 Å². The molecule has 4 heteroatoms. The lowest BCUT2D eigenvalue weighted by atomic mass is 9.74. The van der Waals surface area contributed by atoms with Gasteiger partial charge in [0.15, 0.2) is 0 Å². The minimum Gasteiger partial charge on any atom is -0.392 e. The summed E-state index contributed by atoms with van der Waals surface area (Å²) in [6, 6.07) is 15.1. The molecule has 0 aromatic heterocycles. The van der Waals surface area contributed by atoms with Crippen LogP contribution in [-0.4, -0.2) is 36.9 Å². The zero-order valence-electron chi connectivity index (χ0n) is 17.1. The van der Waals surface area contributed by atoms with E-state index in [1.807, 2.05) is 0 Å². The maximum absolute atomic E-state index is 12.9. The summed E-state index contributed by atoms with van der Waals surface area (Å²) in [5.41, 5.74) is 5.62. The predicted molar refractivity (Wildman–Crippen MR) is 112 cm³/mol. The summed E-state index contributed by atoms with van der Waals surface area (Å²) in [4.78, 5) is 12.9. The van der Waals surface area contributed by atoms with Crippen molar-refractivity contribution in [3.63, 3.8) is 0 Å². The molecule has 1 aliphatic heterocycles. The van der Waals surface area contributed by atoms with Gasteiger partial charge in [-0.2, -0.15) is 0 Å². The second-order valence-corrected chi connectivity index (χ2v) is 8.20. The number of hydrogen-bond donors (Lipinski definition) is 2. The lowest BCUT2D eigenvalue weighted by Crippen LogP contribution is -2.47. The third-order valence-electron chi connectivity index (χ3n) is 5.54. The number of aryl methyl sites for hydroxylation is 2. The lowest BCUT2D eigenvalue weighted by molar-refractivity contribution is -0.137. The Bertz CT molecular complexity index is 785. The first-order valence-electron chi connectivity index (χ1n) is 10.1. The molecule has 1 fully saturated rings. The Labute approximate surface area is 167 Å². The van der Waals surface area contributed by atoms with Gasteiger partial charge in [0.25, 0.3) is 0 Å². The topological polar surface area (TPSA) is 58.6 Å². The van der Waals surface area contributed by atoms with Gasteiger partial charge in [-0.05, 0) is 56.7 Å². The van der Waals surface area contributed by atoms with Gasteiger partial charge in [-0.15, -0.1) is 0 Å². The van der Waals surface area contributed by atoms with E-state index in [-0.39, 0.29) is 12.5 Å². The van der Waals surface area contributed by atoms with Crippen molar-refractivity contribution < 1.29 is 14.6 Å². The third kappa shape index (κ3) is 5.00. The van der Waals surface area contributed by atoms with Crippen LogP contribution in [0.4, 0.5) is 0 Å². The van der Waals surface area contributed by atoms with E-state index in [0.717, 1.165) is 5.56 Å². The molecule has 2 aromatic carbocycles. The highest BCUT2D eigenvalue weighted by Gasteiger charge is 2.40. The summed E-state index contributed by atoms with van der Waals surface area (Å²) in [5.74, 6) is 0.0232. The Morgan fingerprint density at radius 1 is 1.07 bits per heavy atom. The van der Waals surface area contributed by atoms with Crippen LogP contribution in [0.1, 0.15) is 36.5 Å². The van der Waals surface area contributed by atoms with E-state index in [2.05, 4.69) is 61.6 Å². The molecule has 1 amide bonds. The highest BCUT2D eigenvalue weighted by molar-refractivity contribution is 5.83. The first-order chi connectivity index (χ1) is 13.4. The Morgan fingerprint density at radius 2 is 1.68 bits per heavy atom. The minimum absolute atomic E-state index is 0.0232. The van der Waals surface area contributed by atoms with Gasteiger partial charge in [0.1, 0.15) is 0 Å². The van der Waals surface area contributed by atoms with Crippen LogP contribution in [0.2, 0.25) is 0 Å². The molecule has 0 saturated carbocycles. The standard InChI is InChI=1S/C24H31NO3/c1-17-12-18(2)14-22(13-17)21-6-4-20(5-7-21)15-24(8-10-28-11-9-24)23(27)25-16-19(3)26/h4-7,12-14,19,26H,8-11,15-16H2,1-3H3,(H,25,27)/t19-/m0/s1. The lowest BCUT2D eigenvalue weighted by Gasteiger charge is -2.36. The fraction of sp³-hybridized carbons (Fsp3) is 0.458. The number of ether oxygens (including phenoxy) is 1. The number of aliphatic hydroxyl groups is 1. The monoisotopic (exact) mass is 381 g/mol. The molecule has 150 valence electrons. The molecule has 0 radical (unpaired) electrons. The van der Waals surface area contributed by atoms with Crippen LogP contribution < -0.4 is 5.32 Å². The van der Waals surface area contributed by atoms with Crippen LogP contribution in [0.25, 0.3) is 11.1 Å². The van der Waals surface area contributed by atoms with Crippen molar-refractivity contribution in [2.24, 2.45) is 5.41 Å². The average Bonchev–Trinajstić information content (AvgIpc) is 2.66. The van der Waals surface area contributed by atoms with Crippen LogP contribution in [-0.2, 0) is 16.0 Å². The predicted octanol–water partition coefficient (Wildman–Crippen LogP) is 3.81. The van der Waals surface area contributed by atoms with Gasteiger partial charge >= 0.3 is 0 Å². The first kappa shape index (κ1) is 20.6. The largest absolute Gasteiger partial charge is 0.392 e. The molecule has 0 aliphatic carbocycles. The van der Waals surface area contributed by atoms with Gasteiger partial charge in [-0.25, -0.2) is 0 Å². The SMILES string of the molecule is Cc1cc(C)cc(-c2ccc(CC3(C(=O)NC[C@H](C)O)CCOCC3)cc2)c1. The number of carbonyl (C=O) groups is 1.